The Hall–Kier alpha value is -3.35. The zero-order chi connectivity index (χ0) is 17.1. The van der Waals surface area contributed by atoms with Crippen LogP contribution in [0.1, 0.15) is 36.6 Å². The number of carbonyl (C=O) groups excluding carboxylic acids is 1. The van der Waals surface area contributed by atoms with Crippen molar-refractivity contribution in [3.05, 3.63) is 58.7 Å². The summed E-state index contributed by atoms with van der Waals surface area (Å²) in [4.78, 5) is 34.5. The van der Waals surface area contributed by atoms with Gasteiger partial charge in [0.2, 0.25) is 0 Å². The Labute approximate surface area is 130 Å². The first-order valence-corrected chi connectivity index (χ1v) is 6.43. The molecule has 0 aliphatic rings. The Morgan fingerprint density at radius 2 is 1.39 bits per heavy atom. The minimum atomic E-state index is -1.36. The van der Waals surface area contributed by atoms with Crippen molar-refractivity contribution >= 4 is 17.7 Å². The van der Waals surface area contributed by atoms with Gasteiger partial charge in [0, 0.05) is 18.1 Å². The topological polar surface area (TPSA) is 132 Å². The molecule has 0 heterocycles. The molecule has 4 N–H and O–H groups in total. The van der Waals surface area contributed by atoms with Crippen LogP contribution in [0.2, 0.25) is 0 Å². The van der Waals surface area contributed by atoms with Crippen LogP contribution in [-0.4, -0.2) is 38.1 Å². The zero-order valence-electron chi connectivity index (χ0n) is 11.7. The first-order chi connectivity index (χ1) is 10.8. The number of aromatic hydroxyl groups is 2. The minimum Gasteiger partial charge on any atom is -0.508 e. The zero-order valence-corrected chi connectivity index (χ0v) is 11.7. The second kappa shape index (κ2) is 6.18. The molecule has 0 aliphatic heterocycles. The van der Waals surface area contributed by atoms with Crippen LogP contribution in [0.5, 0.6) is 11.5 Å². The third-order valence-electron chi connectivity index (χ3n) is 3.12. The number of phenols is 2. The second-order valence-electron chi connectivity index (χ2n) is 4.83. The van der Waals surface area contributed by atoms with Gasteiger partial charge in [0.1, 0.15) is 11.5 Å². The lowest BCUT2D eigenvalue weighted by Gasteiger charge is -2.08. The van der Waals surface area contributed by atoms with Crippen molar-refractivity contribution in [2.24, 2.45) is 0 Å². The van der Waals surface area contributed by atoms with Gasteiger partial charge in [0.15, 0.2) is 5.78 Å². The lowest BCUT2D eigenvalue weighted by atomic mass is 9.96. The molecule has 0 aliphatic carbocycles. The van der Waals surface area contributed by atoms with Crippen LogP contribution in [-0.2, 0) is 6.42 Å². The Kier molecular flexibility index (Phi) is 4.31. The minimum absolute atomic E-state index is 0.211. The summed E-state index contributed by atoms with van der Waals surface area (Å²) in [6, 6.07) is 6.73. The molecule has 0 saturated carbocycles. The summed E-state index contributed by atoms with van der Waals surface area (Å²) >= 11 is 0. The monoisotopic (exact) mass is 316 g/mol. The van der Waals surface area contributed by atoms with Crippen LogP contribution in [0.25, 0.3) is 0 Å². The molecular formula is C16H12O7. The summed E-state index contributed by atoms with van der Waals surface area (Å²) in [6.45, 7) is 0. The molecule has 23 heavy (non-hydrogen) atoms. The van der Waals surface area contributed by atoms with E-state index in [2.05, 4.69) is 0 Å². The number of phenolic OH excluding ortho intramolecular Hbond substituents is 2. The number of ketones is 1. The van der Waals surface area contributed by atoms with Gasteiger partial charge in [-0.25, -0.2) is 9.59 Å². The number of hydrogen-bond acceptors (Lipinski definition) is 5. The van der Waals surface area contributed by atoms with Crippen LogP contribution in [0.4, 0.5) is 0 Å². The number of rotatable bonds is 5. The maximum atomic E-state index is 12.3. The number of carboxylic acid groups (broad SMARTS) is 2. The maximum absolute atomic E-state index is 12.3. The van der Waals surface area contributed by atoms with Crippen molar-refractivity contribution in [1.29, 1.82) is 0 Å². The highest BCUT2D eigenvalue weighted by molar-refractivity contribution is 6.08. The first kappa shape index (κ1) is 16.0. The summed E-state index contributed by atoms with van der Waals surface area (Å²) < 4.78 is 0. The van der Waals surface area contributed by atoms with Gasteiger partial charge in [-0.2, -0.15) is 0 Å². The fourth-order valence-corrected chi connectivity index (χ4v) is 2.13. The third kappa shape index (κ3) is 3.65. The first-order valence-electron chi connectivity index (χ1n) is 6.43. The molecule has 0 bridgehead atoms. The quantitative estimate of drug-likeness (QED) is 0.619. The number of carboxylic acids is 2. The SMILES string of the molecule is O=C(O)c1ccc(C(=O)O)c(C(=O)Cc2cc(O)cc(O)c2)c1. The molecule has 7 nitrogen and oxygen atoms in total. The second-order valence-corrected chi connectivity index (χ2v) is 4.83. The van der Waals surface area contributed by atoms with Crippen LogP contribution in [0, 0.1) is 0 Å². The molecule has 2 aromatic carbocycles. The molecule has 0 fully saturated rings. The van der Waals surface area contributed by atoms with Gasteiger partial charge in [-0.1, -0.05) is 0 Å². The lowest BCUT2D eigenvalue weighted by Crippen LogP contribution is -2.12. The van der Waals surface area contributed by atoms with E-state index in [-0.39, 0.29) is 40.2 Å². The Morgan fingerprint density at radius 3 is 1.91 bits per heavy atom. The van der Waals surface area contributed by atoms with Crippen molar-refractivity contribution in [3.8, 4) is 11.5 Å². The molecule has 0 atom stereocenters. The third-order valence-corrected chi connectivity index (χ3v) is 3.12. The van der Waals surface area contributed by atoms with Crippen molar-refractivity contribution < 1.29 is 34.8 Å². The highest BCUT2D eigenvalue weighted by atomic mass is 16.4. The summed E-state index contributed by atoms with van der Waals surface area (Å²) in [6.07, 6.45) is -0.300. The van der Waals surface area contributed by atoms with E-state index in [4.69, 9.17) is 10.2 Å². The van der Waals surface area contributed by atoms with Gasteiger partial charge in [-0.05, 0) is 35.9 Å². The van der Waals surface area contributed by atoms with E-state index < -0.39 is 17.7 Å². The molecule has 0 radical (unpaired) electrons. The van der Waals surface area contributed by atoms with Gasteiger partial charge in [0.05, 0.1) is 11.1 Å². The van der Waals surface area contributed by atoms with Crippen molar-refractivity contribution in [1.82, 2.24) is 0 Å². The predicted molar refractivity (Wildman–Crippen MR) is 78.2 cm³/mol. The fourth-order valence-electron chi connectivity index (χ4n) is 2.13. The highest BCUT2D eigenvalue weighted by Gasteiger charge is 2.19. The molecule has 0 spiro atoms. The molecule has 0 saturated heterocycles. The van der Waals surface area contributed by atoms with E-state index in [1.807, 2.05) is 0 Å². The van der Waals surface area contributed by atoms with Crippen LogP contribution >= 0.6 is 0 Å². The molecule has 0 unspecified atom stereocenters. The van der Waals surface area contributed by atoms with Crippen molar-refractivity contribution in [3.63, 3.8) is 0 Å². The van der Waals surface area contributed by atoms with Crippen LogP contribution in [0.3, 0.4) is 0 Å². The maximum Gasteiger partial charge on any atom is 0.336 e. The Bertz CT molecular complexity index is 788. The smallest absolute Gasteiger partial charge is 0.336 e. The van der Waals surface area contributed by atoms with Gasteiger partial charge in [-0.3, -0.25) is 4.79 Å². The number of Topliss-reactive ketones (excluding diaryl/α,β-unsaturated/α-hetero) is 1. The van der Waals surface area contributed by atoms with E-state index in [1.165, 1.54) is 12.1 Å². The lowest BCUT2D eigenvalue weighted by molar-refractivity contribution is 0.0678. The van der Waals surface area contributed by atoms with E-state index in [1.54, 1.807) is 0 Å². The average Bonchev–Trinajstić information content (AvgIpc) is 2.45. The standard InChI is InChI=1S/C16H12O7/c17-10-3-8(4-11(18)7-10)5-14(19)13-6-9(15(20)21)1-2-12(13)16(22)23/h1-4,6-7,17-18H,5H2,(H,20,21)(H,22,23). The molecule has 2 aromatic rings. The van der Waals surface area contributed by atoms with Crippen molar-refractivity contribution in [2.75, 3.05) is 0 Å². The number of hydrogen-bond donors (Lipinski definition) is 4. The average molecular weight is 316 g/mol. The van der Waals surface area contributed by atoms with E-state index in [0.717, 1.165) is 24.3 Å². The summed E-state index contributed by atoms with van der Waals surface area (Å²) in [5.74, 6) is -3.78. The molecule has 118 valence electrons. The molecular weight excluding hydrogens is 304 g/mol. The fraction of sp³-hybridized carbons (Fsp3) is 0.0625. The summed E-state index contributed by atoms with van der Waals surface area (Å²) in [5, 5.41) is 36.9. The van der Waals surface area contributed by atoms with Crippen LogP contribution in [0.15, 0.2) is 36.4 Å². The van der Waals surface area contributed by atoms with E-state index >= 15 is 0 Å². The number of benzene rings is 2. The van der Waals surface area contributed by atoms with Crippen molar-refractivity contribution in [2.45, 2.75) is 6.42 Å². The molecule has 2 rings (SSSR count). The number of aromatic carboxylic acids is 2. The molecule has 0 amide bonds. The molecule has 7 heteroatoms. The summed E-state index contributed by atoms with van der Waals surface area (Å²) in [5.41, 5.74) is -0.508. The Morgan fingerprint density at radius 1 is 0.783 bits per heavy atom. The van der Waals surface area contributed by atoms with Gasteiger partial charge in [0.25, 0.3) is 0 Å². The summed E-state index contributed by atoms with van der Waals surface area (Å²) in [7, 11) is 0. The predicted octanol–water partition coefficient (Wildman–Crippen LogP) is 1.92. The normalized spacial score (nSPS) is 10.3. The Balaban J connectivity index is 2.42. The number of carbonyl (C=O) groups is 3. The van der Waals surface area contributed by atoms with E-state index in [0.29, 0.717) is 0 Å². The highest BCUT2D eigenvalue weighted by Crippen LogP contribution is 2.22. The van der Waals surface area contributed by atoms with E-state index in [9.17, 15) is 24.6 Å². The van der Waals surface area contributed by atoms with Gasteiger partial charge >= 0.3 is 11.9 Å². The van der Waals surface area contributed by atoms with Gasteiger partial charge in [-0.15, -0.1) is 0 Å². The molecule has 0 aromatic heterocycles. The van der Waals surface area contributed by atoms with Crippen LogP contribution < -0.4 is 0 Å². The largest absolute Gasteiger partial charge is 0.508 e. The van der Waals surface area contributed by atoms with Gasteiger partial charge < -0.3 is 20.4 Å².